The summed E-state index contributed by atoms with van der Waals surface area (Å²) in [5, 5.41) is 0.540. The van der Waals surface area contributed by atoms with E-state index in [4.69, 9.17) is 34.8 Å². The third-order valence-corrected chi connectivity index (χ3v) is 3.97. The minimum absolute atomic E-state index is 0. The molecule has 2 fully saturated rings. The molecule has 12 heteroatoms. The second-order valence-electron chi connectivity index (χ2n) is 4.03. The van der Waals surface area contributed by atoms with Crippen LogP contribution < -0.4 is 29.6 Å². The molecule has 0 spiro atoms. The molecule has 0 saturated carbocycles. The van der Waals surface area contributed by atoms with Crippen molar-refractivity contribution in [3.63, 3.8) is 0 Å². The Kier molecular flexibility index (Phi) is 5.72. The number of nitrogens with zero attached hydrogens (tertiary/aromatic N) is 2. The fraction of sp³-hybridized carbons (Fsp3) is 0.857. The zero-order valence-corrected chi connectivity index (χ0v) is 14.8. The summed E-state index contributed by atoms with van der Waals surface area (Å²) in [6, 6.07) is -1.98. The van der Waals surface area contributed by atoms with Gasteiger partial charge in [-0.05, 0) is 12.8 Å². The van der Waals surface area contributed by atoms with Gasteiger partial charge in [0.05, 0.1) is 12.1 Å². The molecular weight excluding hydrogens is 354 g/mol. The third-order valence-electron chi connectivity index (χ3n) is 2.87. The Morgan fingerprint density at radius 1 is 1.32 bits per heavy atom. The number of hydrogen-bond donors (Lipinski definition) is 0. The predicted molar refractivity (Wildman–Crippen MR) is 61.8 cm³/mol. The minimum Gasteiger partial charge on any atom is -0.724 e. The molecule has 2 saturated heterocycles. The van der Waals surface area contributed by atoms with Crippen LogP contribution >= 0.6 is 34.8 Å². The maximum atomic E-state index is 11.9. The monoisotopic (exact) mass is 360 g/mol. The van der Waals surface area contributed by atoms with E-state index in [0.29, 0.717) is 17.9 Å². The van der Waals surface area contributed by atoms with Gasteiger partial charge in [0.25, 0.3) is 0 Å². The topological polar surface area (TPSA) is 90.0 Å². The second-order valence-corrected chi connectivity index (χ2v) is 7.37. The van der Waals surface area contributed by atoms with Crippen LogP contribution in [0.2, 0.25) is 0 Å². The predicted octanol–water partition coefficient (Wildman–Crippen LogP) is -1.98. The van der Waals surface area contributed by atoms with Gasteiger partial charge in [0.1, 0.15) is 0 Å². The van der Waals surface area contributed by atoms with Crippen LogP contribution in [0.25, 0.3) is 0 Å². The second kappa shape index (κ2) is 6.02. The Morgan fingerprint density at radius 3 is 2.37 bits per heavy atom. The number of halogens is 3. The van der Waals surface area contributed by atoms with E-state index in [9.17, 15) is 17.8 Å². The van der Waals surface area contributed by atoms with Crippen LogP contribution in [0, 0.1) is 0 Å². The van der Waals surface area contributed by atoms with Crippen molar-refractivity contribution in [2.24, 2.45) is 0 Å². The quantitative estimate of drug-likeness (QED) is 0.246. The first-order valence-corrected chi connectivity index (χ1v) is 7.38. The van der Waals surface area contributed by atoms with E-state index in [1.165, 1.54) is 4.90 Å². The largest absolute Gasteiger partial charge is 1.00 e. The fourth-order valence-corrected chi connectivity index (χ4v) is 3.23. The molecule has 0 radical (unpaired) electrons. The number of carbonyl (C=O) groups is 1. The zero-order valence-electron chi connectivity index (χ0n) is 9.75. The maximum absolute atomic E-state index is 11.9. The summed E-state index contributed by atoms with van der Waals surface area (Å²) >= 11 is 17.2. The number of piperidine rings is 1. The molecule has 104 valence electrons. The summed E-state index contributed by atoms with van der Waals surface area (Å²) in [6.45, 7) is 0.160. The summed E-state index contributed by atoms with van der Waals surface area (Å²) in [5.41, 5.74) is 0. The van der Waals surface area contributed by atoms with E-state index in [0.717, 1.165) is 0 Å². The third kappa shape index (κ3) is 4.02. The van der Waals surface area contributed by atoms with Crippen LogP contribution in [0.3, 0.4) is 0 Å². The van der Waals surface area contributed by atoms with Crippen molar-refractivity contribution < 1.29 is 51.6 Å². The molecular formula is C7H8Cl3N2NaO5S. The number of fused-ring (bicyclic) bond motifs is 2. The van der Waals surface area contributed by atoms with Crippen molar-refractivity contribution in [3.8, 4) is 0 Å². The molecule has 0 N–H and O–H groups in total. The Bertz CT molecular complexity index is 470. The van der Waals surface area contributed by atoms with Gasteiger partial charge in [-0.15, -0.1) is 0 Å². The van der Waals surface area contributed by atoms with Gasteiger partial charge < -0.3 is 9.45 Å². The molecule has 2 rings (SSSR count). The van der Waals surface area contributed by atoms with Gasteiger partial charge in [-0.2, -0.15) is 9.35 Å². The van der Waals surface area contributed by atoms with Gasteiger partial charge in [-0.3, -0.25) is 0 Å². The normalized spacial score (nSPS) is 27.5. The van der Waals surface area contributed by atoms with Crippen molar-refractivity contribution in [2.45, 2.75) is 28.7 Å². The number of hydroxylamine groups is 2. The van der Waals surface area contributed by atoms with Gasteiger partial charge in [-0.25, -0.2) is 13.2 Å². The fourth-order valence-electron chi connectivity index (χ4n) is 2.17. The summed E-state index contributed by atoms with van der Waals surface area (Å²) in [5.74, 6) is 0. The molecule has 2 atom stereocenters. The van der Waals surface area contributed by atoms with Gasteiger partial charge in [0.15, 0.2) is 0 Å². The number of hydrogen-bond acceptors (Lipinski definition) is 5. The maximum Gasteiger partial charge on any atom is 1.00 e. The molecule has 0 aromatic carbocycles. The Morgan fingerprint density at radius 2 is 1.89 bits per heavy atom. The van der Waals surface area contributed by atoms with Crippen molar-refractivity contribution in [3.05, 3.63) is 0 Å². The summed E-state index contributed by atoms with van der Waals surface area (Å²) in [6.07, 6.45) is 0.766. The molecule has 7 nitrogen and oxygen atoms in total. The van der Waals surface area contributed by atoms with E-state index in [-0.39, 0.29) is 36.1 Å². The minimum atomic E-state index is -5.00. The zero-order chi connectivity index (χ0) is 13.7. The van der Waals surface area contributed by atoms with E-state index in [1.54, 1.807) is 0 Å². The standard InChI is InChI=1S/C7H9Cl3N2O5S.Na/c8-7(9,10)5-2-1-4-3-11(5)6(13)12(4)17-18(14,15)16;/h4-5H,1-3H2,(H,14,15,16);/q;+1/p-1/t4-,5+;/m1./s1. The van der Waals surface area contributed by atoms with Gasteiger partial charge in [0.2, 0.25) is 14.2 Å². The number of alkyl halides is 3. The van der Waals surface area contributed by atoms with Crippen molar-refractivity contribution in [2.75, 3.05) is 6.54 Å². The van der Waals surface area contributed by atoms with Crippen LogP contribution in [0.4, 0.5) is 4.79 Å². The molecule has 2 amide bonds. The molecule has 2 aliphatic rings. The molecule has 0 aliphatic carbocycles. The van der Waals surface area contributed by atoms with Crippen LogP contribution in [0.5, 0.6) is 0 Å². The van der Waals surface area contributed by atoms with Crippen molar-refractivity contribution in [1.82, 2.24) is 9.96 Å². The van der Waals surface area contributed by atoms with Gasteiger partial charge in [0, 0.05) is 6.54 Å². The summed E-state index contributed by atoms with van der Waals surface area (Å²) in [7, 11) is -5.00. The van der Waals surface area contributed by atoms with Crippen LogP contribution in [0.15, 0.2) is 0 Å². The molecule has 0 unspecified atom stereocenters. The van der Waals surface area contributed by atoms with E-state index in [1.807, 2.05) is 0 Å². The Labute approximate surface area is 147 Å². The number of rotatable bonds is 2. The van der Waals surface area contributed by atoms with Crippen LogP contribution in [0.1, 0.15) is 12.8 Å². The summed E-state index contributed by atoms with van der Waals surface area (Å²) in [4.78, 5) is 13.1. The van der Waals surface area contributed by atoms with E-state index >= 15 is 0 Å². The van der Waals surface area contributed by atoms with Crippen molar-refractivity contribution in [1.29, 1.82) is 0 Å². The SMILES string of the molecule is O=C1N2C[C@@H](CC[C@H]2C(Cl)(Cl)Cl)N1OS(=O)(=O)[O-].[Na+]. The molecule has 2 heterocycles. The Balaban J connectivity index is 0.00000180. The first kappa shape index (κ1) is 18.1. The van der Waals surface area contributed by atoms with Crippen molar-refractivity contribution >= 4 is 51.2 Å². The van der Waals surface area contributed by atoms with Gasteiger partial charge in [-0.1, -0.05) is 34.8 Å². The Hall–Kier alpha value is 1.01. The average Bonchev–Trinajstić information content (AvgIpc) is 2.40. The molecule has 0 aromatic heterocycles. The first-order chi connectivity index (χ1) is 8.09. The number of urea groups is 1. The molecule has 2 aliphatic heterocycles. The average molecular weight is 362 g/mol. The number of carbonyl (C=O) groups excluding carboxylic acids is 1. The molecule has 2 bridgehead atoms. The summed E-state index contributed by atoms with van der Waals surface area (Å²) < 4.78 is 34.0. The first-order valence-electron chi connectivity index (χ1n) is 4.91. The smallest absolute Gasteiger partial charge is 0.724 e. The molecule has 0 aromatic rings. The number of amides is 2. The van der Waals surface area contributed by atoms with Crippen LogP contribution in [-0.4, -0.2) is 51.4 Å². The molecule has 19 heavy (non-hydrogen) atoms. The van der Waals surface area contributed by atoms with E-state index < -0.39 is 32.3 Å². The van der Waals surface area contributed by atoms with Crippen LogP contribution in [-0.2, 0) is 14.7 Å². The van der Waals surface area contributed by atoms with E-state index in [2.05, 4.69) is 4.28 Å². The van der Waals surface area contributed by atoms with Gasteiger partial charge >= 0.3 is 35.6 Å².